The van der Waals surface area contributed by atoms with E-state index in [1.807, 2.05) is 30.3 Å². The zero-order chi connectivity index (χ0) is 16.2. The highest BCUT2D eigenvalue weighted by molar-refractivity contribution is 5.88. The molecule has 0 aliphatic heterocycles. The summed E-state index contributed by atoms with van der Waals surface area (Å²) in [6, 6.07) is 14.0. The molecule has 116 valence electrons. The summed E-state index contributed by atoms with van der Waals surface area (Å²) < 4.78 is 6.47. The van der Waals surface area contributed by atoms with E-state index in [4.69, 9.17) is 9.84 Å². The van der Waals surface area contributed by atoms with Crippen molar-refractivity contribution >= 4 is 23.5 Å². The maximum Gasteiger partial charge on any atom is 0.413 e. The summed E-state index contributed by atoms with van der Waals surface area (Å²) in [5, 5.41) is 11.6. The average molecular weight is 311 g/mol. The molecule has 0 bridgehead atoms. The van der Waals surface area contributed by atoms with Crippen LogP contribution in [-0.2, 0) is 11.3 Å². The minimum atomic E-state index is -1.08. The molecule has 0 radical (unpaired) electrons. The number of amides is 1. The summed E-state index contributed by atoms with van der Waals surface area (Å²) in [6.45, 7) is 0.139. The fourth-order valence-electron chi connectivity index (χ4n) is 2.11. The van der Waals surface area contributed by atoms with Crippen LogP contribution >= 0.6 is 0 Å². The van der Waals surface area contributed by atoms with Gasteiger partial charge in [0.1, 0.15) is 17.9 Å². The molecule has 0 unspecified atom stereocenters. The molecule has 0 aliphatic carbocycles. The van der Waals surface area contributed by atoms with Crippen molar-refractivity contribution in [2.75, 3.05) is 5.32 Å². The van der Waals surface area contributed by atoms with Crippen LogP contribution in [0.2, 0.25) is 0 Å². The fourth-order valence-corrected chi connectivity index (χ4v) is 2.11. The number of pyridine rings is 1. The Balaban J connectivity index is 1.70. The van der Waals surface area contributed by atoms with E-state index in [2.05, 4.69) is 10.3 Å². The maximum atomic E-state index is 11.8. The molecule has 7 nitrogen and oxygen atoms in total. The highest BCUT2D eigenvalue weighted by Crippen LogP contribution is 2.13. The number of fused-ring (bicyclic) bond motifs is 1. The van der Waals surface area contributed by atoms with Gasteiger partial charge in [-0.15, -0.1) is 0 Å². The van der Waals surface area contributed by atoms with Crippen LogP contribution in [-0.4, -0.2) is 26.6 Å². The zero-order valence-electron chi connectivity index (χ0n) is 12.0. The van der Waals surface area contributed by atoms with E-state index in [0.717, 1.165) is 5.56 Å². The number of ether oxygens (including phenoxy) is 1. The SMILES string of the molecule is O=C(Nc1cn2c(C(=O)O)cccc2n1)OCc1ccccc1. The van der Waals surface area contributed by atoms with Crippen molar-refractivity contribution in [3.8, 4) is 0 Å². The number of carbonyl (C=O) groups excluding carboxylic acids is 1. The minimum Gasteiger partial charge on any atom is -0.477 e. The van der Waals surface area contributed by atoms with Gasteiger partial charge in [-0.3, -0.25) is 9.72 Å². The smallest absolute Gasteiger partial charge is 0.413 e. The molecule has 0 atom stereocenters. The maximum absolute atomic E-state index is 11.8. The topological polar surface area (TPSA) is 92.9 Å². The molecule has 23 heavy (non-hydrogen) atoms. The van der Waals surface area contributed by atoms with Crippen molar-refractivity contribution in [1.29, 1.82) is 0 Å². The Kier molecular flexibility index (Phi) is 3.92. The van der Waals surface area contributed by atoms with E-state index >= 15 is 0 Å². The monoisotopic (exact) mass is 311 g/mol. The number of carboxylic acid groups (broad SMARTS) is 1. The highest BCUT2D eigenvalue weighted by Gasteiger charge is 2.12. The largest absolute Gasteiger partial charge is 0.477 e. The first-order valence-electron chi connectivity index (χ1n) is 6.82. The Morgan fingerprint density at radius 2 is 1.91 bits per heavy atom. The summed E-state index contributed by atoms with van der Waals surface area (Å²) in [6.07, 6.45) is 0.775. The molecule has 7 heteroatoms. The quantitative estimate of drug-likeness (QED) is 0.773. The second-order valence-corrected chi connectivity index (χ2v) is 4.76. The van der Waals surface area contributed by atoms with Crippen LogP contribution in [0.5, 0.6) is 0 Å². The van der Waals surface area contributed by atoms with E-state index in [1.54, 1.807) is 12.1 Å². The second kappa shape index (κ2) is 6.18. The molecule has 2 aromatic heterocycles. The van der Waals surface area contributed by atoms with Crippen LogP contribution in [0.4, 0.5) is 10.6 Å². The molecule has 3 rings (SSSR count). The van der Waals surface area contributed by atoms with Gasteiger partial charge in [0, 0.05) is 0 Å². The standard InChI is InChI=1S/C16H13N3O4/c20-15(21)12-7-4-8-14-17-13(9-19(12)14)18-16(22)23-10-11-5-2-1-3-6-11/h1-9H,10H2,(H,18,22)(H,20,21). The lowest BCUT2D eigenvalue weighted by Gasteiger charge is -2.04. The molecule has 1 amide bonds. The number of anilines is 1. The molecule has 0 saturated heterocycles. The van der Waals surface area contributed by atoms with Crippen LogP contribution in [0.3, 0.4) is 0 Å². The van der Waals surface area contributed by atoms with Gasteiger partial charge in [0.05, 0.1) is 6.20 Å². The van der Waals surface area contributed by atoms with Gasteiger partial charge in [-0.25, -0.2) is 14.6 Å². The number of carbonyl (C=O) groups is 2. The van der Waals surface area contributed by atoms with Crippen molar-refractivity contribution in [3.63, 3.8) is 0 Å². The summed E-state index contributed by atoms with van der Waals surface area (Å²) in [4.78, 5) is 27.1. The summed E-state index contributed by atoms with van der Waals surface area (Å²) in [5.41, 5.74) is 1.34. The number of hydrogen-bond acceptors (Lipinski definition) is 4. The first-order chi connectivity index (χ1) is 11.1. The van der Waals surface area contributed by atoms with Gasteiger partial charge in [-0.2, -0.15) is 0 Å². The zero-order valence-corrected chi connectivity index (χ0v) is 12.0. The second-order valence-electron chi connectivity index (χ2n) is 4.76. The van der Waals surface area contributed by atoms with E-state index in [0.29, 0.717) is 5.65 Å². The first-order valence-corrected chi connectivity index (χ1v) is 6.82. The lowest BCUT2D eigenvalue weighted by Crippen LogP contribution is -2.13. The van der Waals surface area contributed by atoms with Crippen molar-refractivity contribution in [1.82, 2.24) is 9.38 Å². The van der Waals surface area contributed by atoms with Crippen LogP contribution in [0, 0.1) is 0 Å². The minimum absolute atomic E-state index is 0.0562. The summed E-state index contributed by atoms with van der Waals surface area (Å²) in [7, 11) is 0. The van der Waals surface area contributed by atoms with Gasteiger partial charge in [0.25, 0.3) is 0 Å². The average Bonchev–Trinajstić information content (AvgIpc) is 2.95. The van der Waals surface area contributed by atoms with Crippen LogP contribution in [0.15, 0.2) is 54.7 Å². The molecule has 3 aromatic rings. The Morgan fingerprint density at radius 1 is 1.13 bits per heavy atom. The number of benzene rings is 1. The predicted octanol–water partition coefficient (Wildman–Crippen LogP) is 2.78. The lowest BCUT2D eigenvalue weighted by atomic mass is 10.2. The Bertz CT molecular complexity index is 858. The number of imidazole rings is 1. The number of nitrogens with zero attached hydrogens (tertiary/aromatic N) is 2. The van der Waals surface area contributed by atoms with Crippen molar-refractivity contribution < 1.29 is 19.4 Å². The summed E-state index contributed by atoms with van der Waals surface area (Å²) in [5.74, 6) is -0.858. The van der Waals surface area contributed by atoms with Gasteiger partial charge >= 0.3 is 12.1 Å². The number of carboxylic acids is 1. The van der Waals surface area contributed by atoms with E-state index in [-0.39, 0.29) is 18.1 Å². The van der Waals surface area contributed by atoms with Crippen LogP contribution in [0.25, 0.3) is 5.65 Å². The van der Waals surface area contributed by atoms with Crippen LogP contribution in [0.1, 0.15) is 16.1 Å². The van der Waals surface area contributed by atoms with Crippen molar-refractivity contribution in [2.24, 2.45) is 0 Å². The number of rotatable bonds is 4. The molecule has 0 spiro atoms. The van der Waals surface area contributed by atoms with Gasteiger partial charge in [0.15, 0.2) is 5.82 Å². The highest BCUT2D eigenvalue weighted by atomic mass is 16.5. The van der Waals surface area contributed by atoms with Gasteiger partial charge in [-0.05, 0) is 17.7 Å². The third-order valence-corrected chi connectivity index (χ3v) is 3.15. The van der Waals surface area contributed by atoms with Gasteiger partial charge in [-0.1, -0.05) is 36.4 Å². The number of aromatic nitrogens is 2. The third kappa shape index (κ3) is 3.29. The van der Waals surface area contributed by atoms with Crippen LogP contribution < -0.4 is 5.32 Å². The molecule has 1 aromatic carbocycles. The van der Waals surface area contributed by atoms with E-state index in [9.17, 15) is 9.59 Å². The van der Waals surface area contributed by atoms with Crippen molar-refractivity contribution in [3.05, 3.63) is 66.0 Å². The molecule has 0 aliphatic rings. The molecular formula is C16H13N3O4. The fraction of sp³-hybridized carbons (Fsp3) is 0.0625. The molecule has 2 heterocycles. The van der Waals surface area contributed by atoms with E-state index < -0.39 is 12.1 Å². The Hall–Kier alpha value is -3.35. The normalized spacial score (nSPS) is 10.4. The third-order valence-electron chi connectivity index (χ3n) is 3.15. The van der Waals surface area contributed by atoms with Gasteiger partial charge in [0.2, 0.25) is 0 Å². The van der Waals surface area contributed by atoms with Gasteiger partial charge < -0.3 is 9.84 Å². The summed E-state index contributed by atoms with van der Waals surface area (Å²) >= 11 is 0. The Morgan fingerprint density at radius 3 is 2.65 bits per heavy atom. The number of nitrogens with one attached hydrogen (secondary N) is 1. The van der Waals surface area contributed by atoms with Crippen molar-refractivity contribution in [2.45, 2.75) is 6.61 Å². The lowest BCUT2D eigenvalue weighted by molar-refractivity contribution is 0.0689. The molecule has 0 fully saturated rings. The Labute approximate surface area is 131 Å². The predicted molar refractivity (Wildman–Crippen MR) is 82.4 cm³/mol. The molecule has 2 N–H and O–H groups in total. The first kappa shape index (κ1) is 14.6. The number of aromatic carboxylic acids is 1. The number of hydrogen-bond donors (Lipinski definition) is 2. The molecule has 0 saturated carbocycles. The van der Waals surface area contributed by atoms with E-state index in [1.165, 1.54) is 16.7 Å². The molecular weight excluding hydrogens is 298 g/mol.